The topological polar surface area (TPSA) is 113 Å². The van der Waals surface area contributed by atoms with E-state index in [1.807, 2.05) is 19.9 Å². The van der Waals surface area contributed by atoms with Gasteiger partial charge in [-0.2, -0.15) is 0 Å². The summed E-state index contributed by atoms with van der Waals surface area (Å²) in [5.41, 5.74) is 7.11. The first-order chi connectivity index (χ1) is 11.9. The summed E-state index contributed by atoms with van der Waals surface area (Å²) in [6.07, 6.45) is 2.07. The molecule has 0 aromatic heterocycles. The van der Waals surface area contributed by atoms with Crippen LogP contribution in [0, 0.1) is 5.92 Å². The Morgan fingerprint density at radius 1 is 1.19 bits per heavy atom. The molecule has 1 aliphatic rings. The van der Waals surface area contributed by atoms with Gasteiger partial charge in [0.15, 0.2) is 0 Å². The van der Waals surface area contributed by atoms with Crippen LogP contribution in [-0.4, -0.2) is 36.3 Å². The second-order valence-electron chi connectivity index (χ2n) is 6.71. The lowest BCUT2D eigenvalue weighted by Crippen LogP contribution is -2.47. The van der Waals surface area contributed by atoms with E-state index in [1.165, 1.54) is 0 Å². The highest BCUT2D eigenvalue weighted by molar-refractivity contribution is 5.94. The summed E-state index contributed by atoms with van der Waals surface area (Å²) < 4.78 is 0. The van der Waals surface area contributed by atoms with Gasteiger partial charge in [0, 0.05) is 18.2 Å². The lowest BCUT2D eigenvalue weighted by Gasteiger charge is -2.15. The van der Waals surface area contributed by atoms with E-state index in [2.05, 4.69) is 16.0 Å². The molecule has 144 valence electrons. The number of hydrogen-bond acceptors (Lipinski definition) is 4. The van der Waals surface area contributed by atoms with Gasteiger partial charge >= 0.3 is 0 Å². The fourth-order valence-corrected chi connectivity index (χ4v) is 2.17. The van der Waals surface area contributed by atoms with Gasteiger partial charge in [-0.05, 0) is 36.5 Å². The number of halogens is 1. The number of carbonyl (C=O) groups is 3. The Hall–Kier alpha value is -2.12. The molecule has 1 aromatic carbocycles. The molecule has 0 saturated heterocycles. The smallest absolute Gasteiger partial charge is 0.251 e. The molecule has 0 unspecified atom stereocenters. The molecule has 8 heteroatoms. The van der Waals surface area contributed by atoms with E-state index in [-0.39, 0.29) is 49.1 Å². The molecule has 0 bridgehead atoms. The van der Waals surface area contributed by atoms with Gasteiger partial charge in [0.25, 0.3) is 5.91 Å². The largest absolute Gasteiger partial charge is 0.350 e. The van der Waals surface area contributed by atoms with Crippen LogP contribution >= 0.6 is 12.4 Å². The summed E-state index contributed by atoms with van der Waals surface area (Å²) in [5, 5.41) is 8.16. The minimum atomic E-state index is -0.630. The van der Waals surface area contributed by atoms with Crippen molar-refractivity contribution in [2.45, 2.75) is 45.3 Å². The second-order valence-corrected chi connectivity index (χ2v) is 6.71. The molecule has 3 amide bonds. The third-order valence-corrected chi connectivity index (χ3v) is 4.04. The van der Waals surface area contributed by atoms with Crippen molar-refractivity contribution < 1.29 is 14.4 Å². The summed E-state index contributed by atoms with van der Waals surface area (Å²) in [5.74, 6) is -0.737. The lowest BCUT2D eigenvalue weighted by atomic mass is 10.1. The molecule has 0 aliphatic heterocycles. The Morgan fingerprint density at radius 3 is 2.50 bits per heavy atom. The molecule has 1 aromatic rings. The predicted octanol–water partition coefficient (Wildman–Crippen LogP) is 0.716. The Bertz CT molecular complexity index is 647. The van der Waals surface area contributed by atoms with Crippen molar-refractivity contribution in [3.63, 3.8) is 0 Å². The third kappa shape index (κ3) is 7.01. The molecular formula is C18H27ClN4O3. The Morgan fingerprint density at radius 2 is 1.88 bits per heavy atom. The van der Waals surface area contributed by atoms with E-state index in [0.717, 1.165) is 18.4 Å². The van der Waals surface area contributed by atoms with Crippen molar-refractivity contribution in [1.82, 2.24) is 16.0 Å². The minimum absolute atomic E-state index is 0. The standard InChI is InChI=1S/C18H26N4O3.ClH/c1-11(2)16(19)18(25)21-10-15(23)20-9-12-4-3-5-13(8-12)17(24)22-14-6-7-14;/h3-5,8,11,14,16H,6-7,9-10,19H2,1-2H3,(H,20,23)(H,21,25)(H,22,24);1H/t16-;/m0./s1. The average Bonchev–Trinajstić information content (AvgIpc) is 3.41. The molecule has 26 heavy (non-hydrogen) atoms. The maximum absolute atomic E-state index is 12.0. The number of amides is 3. The fraction of sp³-hybridized carbons (Fsp3) is 0.500. The van der Waals surface area contributed by atoms with Crippen LogP contribution in [-0.2, 0) is 16.1 Å². The van der Waals surface area contributed by atoms with Gasteiger partial charge in [-0.25, -0.2) is 0 Å². The van der Waals surface area contributed by atoms with Gasteiger partial charge in [0.2, 0.25) is 11.8 Å². The zero-order chi connectivity index (χ0) is 18.4. The van der Waals surface area contributed by atoms with E-state index in [1.54, 1.807) is 18.2 Å². The summed E-state index contributed by atoms with van der Waals surface area (Å²) in [4.78, 5) is 35.6. The van der Waals surface area contributed by atoms with Crippen molar-refractivity contribution in [3.05, 3.63) is 35.4 Å². The van der Waals surface area contributed by atoms with E-state index in [0.29, 0.717) is 11.6 Å². The zero-order valence-electron chi connectivity index (χ0n) is 15.1. The van der Waals surface area contributed by atoms with Crippen LogP contribution in [0.15, 0.2) is 24.3 Å². The van der Waals surface area contributed by atoms with E-state index in [4.69, 9.17) is 5.73 Å². The summed E-state index contributed by atoms with van der Waals surface area (Å²) in [6, 6.07) is 6.79. The van der Waals surface area contributed by atoms with Crippen molar-refractivity contribution in [2.75, 3.05) is 6.54 Å². The maximum atomic E-state index is 12.0. The third-order valence-electron chi connectivity index (χ3n) is 4.04. The van der Waals surface area contributed by atoms with Gasteiger partial charge in [-0.1, -0.05) is 26.0 Å². The highest BCUT2D eigenvalue weighted by Gasteiger charge is 2.23. The van der Waals surface area contributed by atoms with E-state index >= 15 is 0 Å². The molecule has 5 N–H and O–H groups in total. The van der Waals surface area contributed by atoms with Crippen LogP contribution < -0.4 is 21.7 Å². The quantitative estimate of drug-likeness (QED) is 0.530. The van der Waals surface area contributed by atoms with E-state index in [9.17, 15) is 14.4 Å². The molecule has 1 atom stereocenters. The Labute approximate surface area is 159 Å². The SMILES string of the molecule is CC(C)[C@H](N)C(=O)NCC(=O)NCc1cccc(C(=O)NC2CC2)c1.Cl. The predicted molar refractivity (Wildman–Crippen MR) is 102 cm³/mol. The molecule has 0 spiro atoms. The van der Waals surface area contributed by atoms with Crippen LogP contribution in [0.3, 0.4) is 0 Å². The number of hydrogen-bond donors (Lipinski definition) is 4. The molecule has 1 fully saturated rings. The molecule has 1 saturated carbocycles. The molecular weight excluding hydrogens is 356 g/mol. The molecule has 7 nitrogen and oxygen atoms in total. The fourth-order valence-electron chi connectivity index (χ4n) is 2.17. The molecule has 0 radical (unpaired) electrons. The van der Waals surface area contributed by atoms with Crippen LogP contribution in [0.25, 0.3) is 0 Å². The number of nitrogens with one attached hydrogen (secondary N) is 3. The van der Waals surface area contributed by atoms with Crippen LogP contribution in [0.2, 0.25) is 0 Å². The van der Waals surface area contributed by atoms with Gasteiger partial charge in [0.1, 0.15) is 0 Å². The van der Waals surface area contributed by atoms with Crippen LogP contribution in [0.1, 0.15) is 42.6 Å². The zero-order valence-corrected chi connectivity index (χ0v) is 15.9. The van der Waals surface area contributed by atoms with Crippen LogP contribution in [0.4, 0.5) is 0 Å². The summed E-state index contributed by atoms with van der Waals surface area (Å²) in [6.45, 7) is 3.85. The van der Waals surface area contributed by atoms with Gasteiger partial charge in [-0.3, -0.25) is 14.4 Å². The van der Waals surface area contributed by atoms with Crippen molar-refractivity contribution in [1.29, 1.82) is 0 Å². The number of carbonyl (C=O) groups excluding carboxylic acids is 3. The van der Waals surface area contributed by atoms with Crippen molar-refractivity contribution in [3.8, 4) is 0 Å². The van der Waals surface area contributed by atoms with Crippen LogP contribution in [0.5, 0.6) is 0 Å². The first-order valence-electron chi connectivity index (χ1n) is 8.56. The number of nitrogens with two attached hydrogens (primary N) is 1. The first-order valence-corrected chi connectivity index (χ1v) is 8.56. The van der Waals surface area contributed by atoms with Crippen molar-refractivity contribution >= 4 is 30.1 Å². The molecule has 0 heterocycles. The number of rotatable bonds is 8. The minimum Gasteiger partial charge on any atom is -0.350 e. The normalized spacial score (nSPS) is 14.2. The molecule has 2 rings (SSSR count). The van der Waals surface area contributed by atoms with Gasteiger partial charge < -0.3 is 21.7 Å². The highest BCUT2D eigenvalue weighted by atomic mass is 35.5. The summed E-state index contributed by atoms with van der Waals surface area (Å²) in [7, 11) is 0. The monoisotopic (exact) mass is 382 g/mol. The van der Waals surface area contributed by atoms with E-state index < -0.39 is 6.04 Å². The van der Waals surface area contributed by atoms with Gasteiger partial charge in [-0.15, -0.1) is 12.4 Å². The van der Waals surface area contributed by atoms with Gasteiger partial charge in [0.05, 0.1) is 12.6 Å². The van der Waals surface area contributed by atoms with Crippen molar-refractivity contribution in [2.24, 2.45) is 11.7 Å². The Kier molecular flexibility index (Phi) is 8.54. The highest BCUT2D eigenvalue weighted by Crippen LogP contribution is 2.19. The second kappa shape index (κ2) is 10.1. The average molecular weight is 383 g/mol. The first kappa shape index (κ1) is 21.9. The number of benzene rings is 1. The summed E-state index contributed by atoms with van der Waals surface area (Å²) >= 11 is 0. The maximum Gasteiger partial charge on any atom is 0.251 e. The Balaban J connectivity index is 0.00000338. The lowest BCUT2D eigenvalue weighted by molar-refractivity contribution is -0.127. The molecule has 1 aliphatic carbocycles.